The Balaban J connectivity index is 1.42. The third kappa shape index (κ3) is 3.96. The third-order valence-corrected chi connectivity index (χ3v) is 7.54. The second-order valence-corrected chi connectivity index (χ2v) is 9.18. The summed E-state index contributed by atoms with van der Waals surface area (Å²) in [6.07, 6.45) is 5.33. The number of morpholine rings is 1. The molecule has 1 aliphatic carbocycles. The molecule has 0 N–H and O–H groups in total. The number of likely N-dealkylation sites (tertiary alicyclic amines) is 1. The fourth-order valence-corrected chi connectivity index (χ4v) is 6.15. The highest BCUT2D eigenvalue weighted by Gasteiger charge is 2.47. The highest BCUT2D eigenvalue weighted by atomic mass is 32.1. The van der Waals surface area contributed by atoms with Crippen molar-refractivity contribution in [3.63, 3.8) is 0 Å². The lowest BCUT2D eigenvalue weighted by Crippen LogP contribution is -2.56. The number of rotatable bonds is 5. The van der Waals surface area contributed by atoms with Crippen molar-refractivity contribution in [3.8, 4) is 0 Å². The van der Waals surface area contributed by atoms with Gasteiger partial charge < -0.3 is 9.47 Å². The summed E-state index contributed by atoms with van der Waals surface area (Å²) in [7, 11) is 1.89. The van der Waals surface area contributed by atoms with Crippen LogP contribution in [0.15, 0.2) is 17.5 Å². The molecule has 140 valence electrons. The van der Waals surface area contributed by atoms with Crippen molar-refractivity contribution < 1.29 is 9.47 Å². The predicted octanol–water partition coefficient (Wildman–Crippen LogP) is 3.09. The summed E-state index contributed by atoms with van der Waals surface area (Å²) in [5, 5.41) is 2.19. The molecular formula is C20H32N2O2S. The summed E-state index contributed by atoms with van der Waals surface area (Å²) in [6, 6.07) is 5.21. The number of nitrogens with zero attached hydrogens (tertiary/aromatic N) is 2. The lowest BCUT2D eigenvalue weighted by Gasteiger charge is -2.54. The number of ether oxygens (including phenoxy) is 2. The molecule has 5 heteroatoms. The minimum atomic E-state index is 0.368. The van der Waals surface area contributed by atoms with Crippen molar-refractivity contribution >= 4 is 11.3 Å². The quantitative estimate of drug-likeness (QED) is 0.802. The molecule has 4 rings (SSSR count). The van der Waals surface area contributed by atoms with Crippen molar-refractivity contribution in [2.24, 2.45) is 11.3 Å². The maximum atomic E-state index is 5.75. The molecule has 0 aromatic carbocycles. The van der Waals surface area contributed by atoms with Gasteiger partial charge in [-0.05, 0) is 49.6 Å². The Bertz CT molecular complexity index is 532. The fourth-order valence-electron chi connectivity index (χ4n) is 5.40. The van der Waals surface area contributed by atoms with Gasteiger partial charge in [-0.15, -0.1) is 11.3 Å². The number of methoxy groups -OCH3 is 1. The first-order valence-corrected chi connectivity index (χ1v) is 10.7. The largest absolute Gasteiger partial charge is 0.384 e. The molecule has 0 bridgehead atoms. The number of piperidine rings is 1. The molecular weight excluding hydrogens is 332 g/mol. The molecule has 1 aromatic rings. The van der Waals surface area contributed by atoms with Crippen LogP contribution in [-0.2, 0) is 16.0 Å². The monoisotopic (exact) mass is 364 g/mol. The molecule has 0 unspecified atom stereocenters. The molecule has 0 amide bonds. The van der Waals surface area contributed by atoms with Gasteiger partial charge in [0.05, 0.1) is 19.8 Å². The van der Waals surface area contributed by atoms with Crippen LogP contribution in [0, 0.1) is 11.3 Å². The topological polar surface area (TPSA) is 24.9 Å². The lowest BCUT2D eigenvalue weighted by molar-refractivity contribution is -0.0869. The van der Waals surface area contributed by atoms with Gasteiger partial charge in [0.15, 0.2) is 0 Å². The van der Waals surface area contributed by atoms with Gasteiger partial charge in [-0.2, -0.15) is 0 Å². The van der Waals surface area contributed by atoms with Gasteiger partial charge in [0.2, 0.25) is 0 Å². The zero-order valence-electron chi connectivity index (χ0n) is 15.5. The number of fused-ring (bicyclic) bond motifs is 1. The van der Waals surface area contributed by atoms with Gasteiger partial charge in [-0.25, -0.2) is 0 Å². The van der Waals surface area contributed by atoms with Crippen LogP contribution in [0.5, 0.6) is 0 Å². The second-order valence-electron chi connectivity index (χ2n) is 8.15. The number of hydrogen-bond donors (Lipinski definition) is 0. The van der Waals surface area contributed by atoms with Gasteiger partial charge >= 0.3 is 0 Å². The van der Waals surface area contributed by atoms with Crippen molar-refractivity contribution in [3.05, 3.63) is 22.4 Å². The molecule has 3 fully saturated rings. The molecule has 1 aromatic heterocycles. The normalized spacial score (nSPS) is 34.8. The van der Waals surface area contributed by atoms with Crippen molar-refractivity contribution in [1.82, 2.24) is 9.80 Å². The summed E-state index contributed by atoms with van der Waals surface area (Å²) < 4.78 is 11.3. The van der Waals surface area contributed by atoms with Crippen LogP contribution in [0.25, 0.3) is 0 Å². The van der Waals surface area contributed by atoms with Gasteiger partial charge in [0.25, 0.3) is 0 Å². The standard InChI is InChI=1S/C20H32N2O2S/c1-23-16-20-6-4-18(22-8-10-24-11-9-22)13-17(20)5-7-21(15-20)14-19-3-2-12-25-19/h2-3,12,17-18H,4-11,13-16H2,1H3/t17-,18-,20+/m1/s1. The van der Waals surface area contributed by atoms with Crippen LogP contribution >= 0.6 is 11.3 Å². The zero-order chi connectivity index (χ0) is 17.1. The van der Waals surface area contributed by atoms with E-state index >= 15 is 0 Å². The average Bonchev–Trinajstić information content (AvgIpc) is 3.15. The second kappa shape index (κ2) is 8.05. The van der Waals surface area contributed by atoms with E-state index in [0.29, 0.717) is 5.41 Å². The lowest BCUT2D eigenvalue weighted by atomic mass is 9.62. The minimum Gasteiger partial charge on any atom is -0.384 e. The number of thiophene rings is 1. The molecule has 2 aliphatic heterocycles. The molecule has 1 saturated carbocycles. The first kappa shape index (κ1) is 17.9. The van der Waals surface area contributed by atoms with Crippen LogP contribution in [0.3, 0.4) is 0 Å². The van der Waals surface area contributed by atoms with Crippen molar-refractivity contribution in [1.29, 1.82) is 0 Å². The molecule has 25 heavy (non-hydrogen) atoms. The van der Waals surface area contributed by atoms with E-state index in [1.165, 1.54) is 43.6 Å². The maximum Gasteiger partial charge on any atom is 0.0594 e. The van der Waals surface area contributed by atoms with Crippen LogP contribution in [0.1, 0.15) is 30.6 Å². The summed E-state index contributed by atoms with van der Waals surface area (Å²) in [6.45, 7) is 8.57. The predicted molar refractivity (Wildman–Crippen MR) is 102 cm³/mol. The van der Waals surface area contributed by atoms with Gasteiger partial charge in [0.1, 0.15) is 0 Å². The fraction of sp³-hybridized carbons (Fsp3) is 0.800. The van der Waals surface area contributed by atoms with E-state index in [1.807, 2.05) is 18.4 Å². The van der Waals surface area contributed by atoms with Gasteiger partial charge in [-0.3, -0.25) is 9.80 Å². The molecule has 3 atom stereocenters. The Kier molecular flexibility index (Phi) is 5.77. The average molecular weight is 365 g/mol. The van der Waals surface area contributed by atoms with E-state index in [1.54, 1.807) is 0 Å². The van der Waals surface area contributed by atoms with E-state index in [9.17, 15) is 0 Å². The first-order chi connectivity index (χ1) is 12.3. The SMILES string of the molecule is COC[C@@]12CC[C@@H](N3CCOCC3)C[C@H]1CCN(Cc1cccs1)C2. The van der Waals surface area contributed by atoms with Crippen molar-refractivity contribution in [2.45, 2.75) is 38.3 Å². The summed E-state index contributed by atoms with van der Waals surface area (Å²) in [5.74, 6) is 0.814. The number of hydrogen-bond acceptors (Lipinski definition) is 5. The van der Waals surface area contributed by atoms with Crippen LogP contribution < -0.4 is 0 Å². The molecule has 4 nitrogen and oxygen atoms in total. The maximum absolute atomic E-state index is 5.75. The molecule has 2 saturated heterocycles. The first-order valence-electron chi connectivity index (χ1n) is 9.84. The molecule has 3 heterocycles. The van der Waals surface area contributed by atoms with Gasteiger partial charge in [-0.1, -0.05) is 6.07 Å². The Morgan fingerprint density at radius 2 is 2.16 bits per heavy atom. The Morgan fingerprint density at radius 1 is 1.28 bits per heavy atom. The van der Waals surface area contributed by atoms with Crippen LogP contribution in [0.4, 0.5) is 0 Å². The Hall–Kier alpha value is -0.460. The third-order valence-electron chi connectivity index (χ3n) is 6.68. The smallest absolute Gasteiger partial charge is 0.0594 e. The van der Waals surface area contributed by atoms with Crippen LogP contribution in [0.2, 0.25) is 0 Å². The van der Waals surface area contributed by atoms with E-state index in [0.717, 1.165) is 51.4 Å². The Morgan fingerprint density at radius 3 is 2.92 bits per heavy atom. The summed E-state index contributed by atoms with van der Waals surface area (Å²) >= 11 is 1.89. The zero-order valence-corrected chi connectivity index (χ0v) is 16.3. The van der Waals surface area contributed by atoms with E-state index in [4.69, 9.17) is 9.47 Å². The Labute approximate surface area is 156 Å². The van der Waals surface area contributed by atoms with E-state index in [2.05, 4.69) is 27.3 Å². The van der Waals surface area contributed by atoms with Crippen LogP contribution in [-0.4, -0.2) is 69.0 Å². The molecule has 3 aliphatic rings. The van der Waals surface area contributed by atoms with Crippen molar-refractivity contribution in [2.75, 3.05) is 53.1 Å². The minimum absolute atomic E-state index is 0.368. The molecule has 0 spiro atoms. The highest BCUT2D eigenvalue weighted by molar-refractivity contribution is 7.09. The summed E-state index contributed by atoms with van der Waals surface area (Å²) in [5.41, 5.74) is 0.368. The molecule has 0 radical (unpaired) electrons. The van der Waals surface area contributed by atoms with E-state index < -0.39 is 0 Å². The highest BCUT2D eigenvalue weighted by Crippen LogP contribution is 2.48. The van der Waals surface area contributed by atoms with Gasteiger partial charge in [0, 0.05) is 49.6 Å². The summed E-state index contributed by atoms with van der Waals surface area (Å²) in [4.78, 5) is 6.86. The van der Waals surface area contributed by atoms with E-state index in [-0.39, 0.29) is 0 Å².